The first-order valence-corrected chi connectivity index (χ1v) is 6.15. The van der Waals surface area contributed by atoms with Gasteiger partial charge in [0.25, 0.3) is 0 Å². The van der Waals surface area contributed by atoms with Gasteiger partial charge in [0.2, 0.25) is 0 Å². The van der Waals surface area contributed by atoms with Gasteiger partial charge in [-0.1, -0.05) is 13.8 Å². The van der Waals surface area contributed by atoms with Crippen molar-refractivity contribution in [2.75, 3.05) is 18.6 Å². The predicted molar refractivity (Wildman–Crippen MR) is 71.6 cm³/mol. The standard InChI is InChI=1S/C13H23N3O2/c1-9(2)12-14-6-11(10(7-17)15-12)16(5)13(3,4)8-18/h6,9,17-18H,7-8H2,1-5H3. The Morgan fingerprint density at radius 1 is 1.33 bits per heavy atom. The smallest absolute Gasteiger partial charge is 0.131 e. The Morgan fingerprint density at radius 3 is 2.39 bits per heavy atom. The highest BCUT2D eigenvalue weighted by atomic mass is 16.3. The first-order chi connectivity index (χ1) is 8.33. The van der Waals surface area contributed by atoms with Gasteiger partial charge in [-0.25, -0.2) is 9.97 Å². The van der Waals surface area contributed by atoms with Crippen LogP contribution in [-0.2, 0) is 6.61 Å². The summed E-state index contributed by atoms with van der Waals surface area (Å²) in [6.07, 6.45) is 1.71. The van der Waals surface area contributed by atoms with E-state index in [1.807, 2.05) is 39.6 Å². The van der Waals surface area contributed by atoms with E-state index in [0.29, 0.717) is 5.69 Å². The zero-order valence-corrected chi connectivity index (χ0v) is 11.8. The Hall–Kier alpha value is -1.20. The summed E-state index contributed by atoms with van der Waals surface area (Å²) in [5.41, 5.74) is 0.922. The van der Waals surface area contributed by atoms with Crippen molar-refractivity contribution in [1.82, 2.24) is 9.97 Å². The molecule has 0 aliphatic carbocycles. The lowest BCUT2D eigenvalue weighted by Gasteiger charge is -2.36. The van der Waals surface area contributed by atoms with E-state index in [2.05, 4.69) is 9.97 Å². The van der Waals surface area contributed by atoms with Gasteiger partial charge in [0.05, 0.1) is 36.3 Å². The second-order valence-corrected chi connectivity index (χ2v) is 5.40. The molecular weight excluding hydrogens is 230 g/mol. The van der Waals surface area contributed by atoms with Crippen molar-refractivity contribution in [2.45, 2.75) is 45.8 Å². The molecular formula is C13H23N3O2. The molecule has 0 radical (unpaired) electrons. The second kappa shape index (κ2) is 5.63. The summed E-state index contributed by atoms with van der Waals surface area (Å²) in [4.78, 5) is 10.6. The van der Waals surface area contributed by atoms with Crippen LogP contribution in [0.1, 0.15) is 45.1 Å². The molecule has 102 valence electrons. The number of anilines is 1. The Kier molecular flexibility index (Phi) is 4.65. The summed E-state index contributed by atoms with van der Waals surface area (Å²) in [6.45, 7) is 7.74. The Labute approximate surface area is 109 Å². The molecule has 0 atom stereocenters. The minimum absolute atomic E-state index is 0.0142. The molecule has 1 rings (SSSR count). The highest BCUT2D eigenvalue weighted by molar-refractivity contribution is 5.50. The lowest BCUT2D eigenvalue weighted by atomic mass is 10.0. The van der Waals surface area contributed by atoms with Crippen LogP contribution < -0.4 is 4.90 Å². The van der Waals surface area contributed by atoms with Crippen LogP contribution in [0.5, 0.6) is 0 Å². The Bertz CT molecular complexity index is 405. The lowest BCUT2D eigenvalue weighted by molar-refractivity contribution is 0.215. The van der Waals surface area contributed by atoms with E-state index in [9.17, 15) is 10.2 Å². The van der Waals surface area contributed by atoms with Gasteiger partial charge in [0.1, 0.15) is 5.82 Å². The number of rotatable bonds is 5. The second-order valence-electron chi connectivity index (χ2n) is 5.40. The fourth-order valence-electron chi connectivity index (χ4n) is 1.53. The molecule has 0 aliphatic heterocycles. The minimum Gasteiger partial charge on any atom is -0.394 e. The van der Waals surface area contributed by atoms with Crippen LogP contribution in [-0.4, -0.2) is 39.4 Å². The molecule has 1 heterocycles. The summed E-state index contributed by atoms with van der Waals surface area (Å²) < 4.78 is 0. The SMILES string of the molecule is CC(C)c1ncc(N(C)C(C)(C)CO)c(CO)n1. The van der Waals surface area contributed by atoms with E-state index in [4.69, 9.17) is 0 Å². The van der Waals surface area contributed by atoms with Gasteiger partial charge in [-0.15, -0.1) is 0 Å². The molecule has 5 heteroatoms. The van der Waals surface area contributed by atoms with Crippen LogP contribution in [0.4, 0.5) is 5.69 Å². The molecule has 5 nitrogen and oxygen atoms in total. The van der Waals surface area contributed by atoms with Gasteiger partial charge in [0.15, 0.2) is 0 Å². The molecule has 0 aromatic carbocycles. The summed E-state index contributed by atoms with van der Waals surface area (Å²) in [6, 6.07) is 0. The van der Waals surface area contributed by atoms with Crippen molar-refractivity contribution in [3.05, 3.63) is 17.7 Å². The van der Waals surface area contributed by atoms with Crippen molar-refractivity contribution in [3.63, 3.8) is 0 Å². The maximum atomic E-state index is 9.43. The van der Waals surface area contributed by atoms with Crippen molar-refractivity contribution in [1.29, 1.82) is 0 Å². The van der Waals surface area contributed by atoms with E-state index >= 15 is 0 Å². The molecule has 1 aromatic heterocycles. The zero-order valence-electron chi connectivity index (χ0n) is 11.8. The lowest BCUT2D eigenvalue weighted by Crippen LogP contribution is -2.45. The number of likely N-dealkylation sites (N-methyl/N-ethyl adjacent to an activating group) is 1. The number of nitrogens with zero attached hydrogens (tertiary/aromatic N) is 3. The van der Waals surface area contributed by atoms with Crippen molar-refractivity contribution < 1.29 is 10.2 Å². The summed E-state index contributed by atoms with van der Waals surface area (Å²) >= 11 is 0. The van der Waals surface area contributed by atoms with Crippen LogP contribution in [0.3, 0.4) is 0 Å². The van der Waals surface area contributed by atoms with Crippen LogP contribution in [0.15, 0.2) is 6.20 Å². The number of aliphatic hydroxyl groups excluding tert-OH is 2. The third-order valence-corrected chi connectivity index (χ3v) is 3.19. The van der Waals surface area contributed by atoms with Crippen LogP contribution in [0, 0.1) is 0 Å². The van der Waals surface area contributed by atoms with Crippen LogP contribution in [0.2, 0.25) is 0 Å². The van der Waals surface area contributed by atoms with Gasteiger partial charge in [-0.05, 0) is 13.8 Å². The topological polar surface area (TPSA) is 69.5 Å². The van der Waals surface area contributed by atoms with E-state index < -0.39 is 5.54 Å². The van der Waals surface area contributed by atoms with E-state index in [1.165, 1.54) is 0 Å². The molecule has 0 aliphatic rings. The number of aliphatic hydroxyl groups is 2. The quantitative estimate of drug-likeness (QED) is 0.827. The average molecular weight is 253 g/mol. The van der Waals surface area contributed by atoms with E-state index in [1.54, 1.807) is 6.20 Å². The van der Waals surface area contributed by atoms with Gasteiger partial charge in [0, 0.05) is 13.0 Å². The Morgan fingerprint density at radius 2 is 1.94 bits per heavy atom. The fraction of sp³-hybridized carbons (Fsp3) is 0.692. The molecule has 0 amide bonds. The number of hydrogen-bond donors (Lipinski definition) is 2. The number of aromatic nitrogens is 2. The molecule has 0 fully saturated rings. The highest BCUT2D eigenvalue weighted by Crippen LogP contribution is 2.25. The highest BCUT2D eigenvalue weighted by Gasteiger charge is 2.25. The first-order valence-electron chi connectivity index (χ1n) is 6.15. The van der Waals surface area contributed by atoms with E-state index in [0.717, 1.165) is 11.5 Å². The summed E-state index contributed by atoms with van der Waals surface area (Å²) in [5, 5.41) is 18.8. The maximum absolute atomic E-state index is 9.43. The third-order valence-electron chi connectivity index (χ3n) is 3.19. The van der Waals surface area contributed by atoms with Gasteiger partial charge in [-0.3, -0.25) is 0 Å². The third kappa shape index (κ3) is 2.97. The van der Waals surface area contributed by atoms with Crippen molar-refractivity contribution in [3.8, 4) is 0 Å². The van der Waals surface area contributed by atoms with Gasteiger partial charge in [-0.2, -0.15) is 0 Å². The molecule has 18 heavy (non-hydrogen) atoms. The minimum atomic E-state index is -0.424. The molecule has 1 aromatic rings. The molecule has 0 saturated carbocycles. The van der Waals surface area contributed by atoms with E-state index in [-0.39, 0.29) is 19.1 Å². The Balaban J connectivity index is 3.17. The van der Waals surface area contributed by atoms with Crippen LogP contribution in [0.25, 0.3) is 0 Å². The normalized spacial score (nSPS) is 12.0. The monoisotopic (exact) mass is 253 g/mol. The summed E-state index contributed by atoms with van der Waals surface area (Å²) in [5.74, 6) is 0.943. The predicted octanol–water partition coefficient (Wildman–Crippen LogP) is 1.30. The van der Waals surface area contributed by atoms with Crippen molar-refractivity contribution >= 4 is 5.69 Å². The van der Waals surface area contributed by atoms with Crippen LogP contribution >= 0.6 is 0 Å². The molecule has 0 saturated heterocycles. The zero-order chi connectivity index (χ0) is 13.9. The van der Waals surface area contributed by atoms with Crippen molar-refractivity contribution in [2.24, 2.45) is 0 Å². The fourth-order valence-corrected chi connectivity index (χ4v) is 1.53. The van der Waals surface area contributed by atoms with Gasteiger partial charge >= 0.3 is 0 Å². The molecule has 2 N–H and O–H groups in total. The van der Waals surface area contributed by atoms with Gasteiger partial charge < -0.3 is 15.1 Å². The number of hydrogen-bond acceptors (Lipinski definition) is 5. The first kappa shape index (κ1) is 14.9. The molecule has 0 unspecified atom stereocenters. The average Bonchev–Trinajstić information content (AvgIpc) is 2.36. The molecule has 0 bridgehead atoms. The summed E-state index contributed by atoms with van der Waals surface area (Å²) in [7, 11) is 1.86. The largest absolute Gasteiger partial charge is 0.394 e. The molecule has 0 spiro atoms. The maximum Gasteiger partial charge on any atom is 0.131 e.